The first kappa shape index (κ1) is 21.3. The zero-order chi connectivity index (χ0) is 20.4. The monoisotopic (exact) mass is 402 g/mol. The van der Waals surface area contributed by atoms with E-state index in [0.29, 0.717) is 23.6 Å². The minimum atomic E-state index is -0.713. The smallest absolute Gasteiger partial charge is 0.325 e. The van der Waals surface area contributed by atoms with Crippen LogP contribution in [0.15, 0.2) is 53.4 Å². The highest BCUT2D eigenvalue weighted by Gasteiger charge is 2.14. The van der Waals surface area contributed by atoms with E-state index < -0.39 is 24.4 Å². The third-order valence-corrected chi connectivity index (χ3v) is 4.27. The number of hydrogen-bond donors (Lipinski definition) is 2. The number of carbonyl (C=O) groups excluding carboxylic acids is 3. The number of benzene rings is 2. The molecular formula is C20H22N2O5S. The van der Waals surface area contributed by atoms with Crippen LogP contribution in [0.25, 0.3) is 0 Å². The van der Waals surface area contributed by atoms with E-state index in [0.717, 1.165) is 4.90 Å². The molecule has 0 bridgehead atoms. The van der Waals surface area contributed by atoms with Gasteiger partial charge in [0.2, 0.25) is 0 Å². The second kappa shape index (κ2) is 11.0. The summed E-state index contributed by atoms with van der Waals surface area (Å²) in [5.74, 6) is -1.20. The molecule has 2 N–H and O–H groups in total. The Kier molecular flexibility index (Phi) is 8.36. The van der Waals surface area contributed by atoms with Crippen molar-refractivity contribution >= 4 is 35.2 Å². The second-order valence-corrected chi connectivity index (χ2v) is 6.43. The average Bonchev–Trinajstić information content (AvgIpc) is 2.71. The number of anilines is 1. The van der Waals surface area contributed by atoms with E-state index in [-0.39, 0.29) is 6.54 Å². The van der Waals surface area contributed by atoms with Gasteiger partial charge in [0, 0.05) is 10.6 Å². The highest BCUT2D eigenvalue weighted by Crippen LogP contribution is 2.19. The van der Waals surface area contributed by atoms with Crippen molar-refractivity contribution in [3.8, 4) is 5.75 Å². The van der Waals surface area contributed by atoms with Gasteiger partial charge in [-0.05, 0) is 43.5 Å². The first-order valence-corrected chi connectivity index (χ1v) is 9.85. The lowest BCUT2D eigenvalue weighted by Gasteiger charge is -2.10. The Morgan fingerprint density at radius 3 is 2.61 bits per heavy atom. The third-order valence-electron chi connectivity index (χ3n) is 3.54. The van der Waals surface area contributed by atoms with Gasteiger partial charge in [-0.2, -0.15) is 0 Å². The summed E-state index contributed by atoms with van der Waals surface area (Å²) in [4.78, 5) is 36.9. The van der Waals surface area contributed by atoms with E-state index in [1.165, 1.54) is 0 Å². The van der Waals surface area contributed by atoms with Gasteiger partial charge in [-0.1, -0.05) is 18.2 Å². The van der Waals surface area contributed by atoms with Gasteiger partial charge in [0.1, 0.15) is 12.3 Å². The Labute approximate surface area is 167 Å². The van der Waals surface area contributed by atoms with Crippen LogP contribution in [0.5, 0.6) is 5.75 Å². The summed E-state index contributed by atoms with van der Waals surface area (Å²) >= 11 is 1.55. The van der Waals surface area contributed by atoms with Crippen molar-refractivity contribution in [2.24, 2.45) is 0 Å². The fourth-order valence-electron chi connectivity index (χ4n) is 2.28. The van der Waals surface area contributed by atoms with Crippen LogP contribution in [-0.4, -0.2) is 43.8 Å². The Morgan fingerprint density at radius 1 is 1.07 bits per heavy atom. The first-order valence-electron chi connectivity index (χ1n) is 8.63. The lowest BCUT2D eigenvalue weighted by atomic mass is 10.2. The Hall–Kier alpha value is -3.00. The predicted octanol–water partition coefficient (Wildman–Crippen LogP) is 2.72. The quantitative estimate of drug-likeness (QED) is 0.495. The van der Waals surface area contributed by atoms with Crippen molar-refractivity contribution in [1.82, 2.24) is 5.32 Å². The van der Waals surface area contributed by atoms with Crippen molar-refractivity contribution in [3.63, 3.8) is 0 Å². The maximum absolute atomic E-state index is 12.2. The molecule has 0 aromatic heterocycles. The van der Waals surface area contributed by atoms with Gasteiger partial charge in [-0.25, -0.2) is 0 Å². The number of amides is 2. The fourth-order valence-corrected chi connectivity index (χ4v) is 2.74. The molecule has 148 valence electrons. The summed E-state index contributed by atoms with van der Waals surface area (Å²) in [5.41, 5.74) is 0.942. The van der Waals surface area contributed by atoms with E-state index in [9.17, 15) is 14.4 Å². The van der Waals surface area contributed by atoms with Crippen LogP contribution >= 0.6 is 11.8 Å². The predicted molar refractivity (Wildman–Crippen MR) is 108 cm³/mol. The lowest BCUT2D eigenvalue weighted by Crippen LogP contribution is -2.32. The minimum Gasteiger partial charge on any atom is -0.493 e. The maximum atomic E-state index is 12.2. The second-order valence-electron chi connectivity index (χ2n) is 5.55. The number of nitrogens with one attached hydrogen (secondary N) is 2. The molecule has 0 saturated carbocycles. The van der Waals surface area contributed by atoms with Crippen molar-refractivity contribution < 1.29 is 23.9 Å². The molecule has 2 rings (SSSR count). The minimum absolute atomic E-state index is 0.323. The van der Waals surface area contributed by atoms with Crippen molar-refractivity contribution in [3.05, 3.63) is 54.1 Å². The topological polar surface area (TPSA) is 93.7 Å². The van der Waals surface area contributed by atoms with Crippen molar-refractivity contribution in [1.29, 1.82) is 0 Å². The molecule has 0 radical (unpaired) electrons. The van der Waals surface area contributed by atoms with Crippen molar-refractivity contribution in [2.75, 3.05) is 31.3 Å². The Morgan fingerprint density at radius 2 is 1.86 bits per heavy atom. The molecular weight excluding hydrogens is 380 g/mol. The molecule has 0 saturated heterocycles. The maximum Gasteiger partial charge on any atom is 0.325 e. The summed E-state index contributed by atoms with van der Waals surface area (Å²) in [6, 6.07) is 14.0. The Bertz CT molecular complexity index is 841. The molecule has 0 unspecified atom stereocenters. The van der Waals surface area contributed by atoms with Crippen LogP contribution in [0.4, 0.5) is 5.69 Å². The normalized spacial score (nSPS) is 10.1. The SMILES string of the molecule is CCOc1ccccc1C(=O)NCC(=O)OCC(=O)Nc1cccc(SC)c1. The zero-order valence-corrected chi connectivity index (χ0v) is 16.5. The summed E-state index contributed by atoms with van der Waals surface area (Å²) in [6.45, 7) is 1.44. The van der Waals surface area contributed by atoms with Crippen LogP contribution in [0.2, 0.25) is 0 Å². The highest BCUT2D eigenvalue weighted by atomic mass is 32.2. The van der Waals surface area contributed by atoms with Gasteiger partial charge in [-0.3, -0.25) is 14.4 Å². The van der Waals surface area contributed by atoms with Crippen LogP contribution < -0.4 is 15.4 Å². The molecule has 7 nitrogen and oxygen atoms in total. The fraction of sp³-hybridized carbons (Fsp3) is 0.250. The Balaban J connectivity index is 1.78. The molecule has 2 aromatic carbocycles. The van der Waals surface area contributed by atoms with E-state index in [4.69, 9.17) is 9.47 Å². The zero-order valence-electron chi connectivity index (χ0n) is 15.7. The number of hydrogen-bond acceptors (Lipinski definition) is 6. The number of ether oxygens (including phenoxy) is 2. The van der Waals surface area contributed by atoms with Gasteiger partial charge < -0.3 is 20.1 Å². The summed E-state index contributed by atoms with van der Waals surface area (Å²) in [5, 5.41) is 5.11. The van der Waals surface area contributed by atoms with Crippen molar-refractivity contribution in [2.45, 2.75) is 11.8 Å². The molecule has 0 fully saturated rings. The van der Waals surface area contributed by atoms with Crippen LogP contribution in [0, 0.1) is 0 Å². The van der Waals surface area contributed by atoms with E-state index in [2.05, 4.69) is 10.6 Å². The van der Waals surface area contributed by atoms with Gasteiger partial charge >= 0.3 is 5.97 Å². The number of thioether (sulfide) groups is 1. The molecule has 0 heterocycles. The van der Waals surface area contributed by atoms with Gasteiger partial charge in [0.15, 0.2) is 6.61 Å². The number of rotatable bonds is 9. The first-order chi connectivity index (χ1) is 13.5. The van der Waals surface area contributed by atoms with E-state index in [1.54, 1.807) is 42.1 Å². The lowest BCUT2D eigenvalue weighted by molar-refractivity contribution is -0.146. The molecule has 0 aliphatic heterocycles. The molecule has 0 aliphatic carbocycles. The summed E-state index contributed by atoms with van der Waals surface area (Å²) < 4.78 is 10.3. The molecule has 0 atom stereocenters. The van der Waals surface area contributed by atoms with Crippen LogP contribution in [-0.2, 0) is 14.3 Å². The van der Waals surface area contributed by atoms with Crippen LogP contribution in [0.1, 0.15) is 17.3 Å². The number of para-hydroxylation sites is 1. The molecule has 0 aliphatic rings. The highest BCUT2D eigenvalue weighted by molar-refractivity contribution is 7.98. The number of esters is 1. The molecule has 2 aromatic rings. The van der Waals surface area contributed by atoms with E-state index >= 15 is 0 Å². The van der Waals surface area contributed by atoms with Gasteiger partial charge in [0.05, 0.1) is 12.2 Å². The van der Waals surface area contributed by atoms with Crippen LogP contribution in [0.3, 0.4) is 0 Å². The third kappa shape index (κ3) is 6.62. The molecule has 2 amide bonds. The largest absolute Gasteiger partial charge is 0.493 e. The van der Waals surface area contributed by atoms with Gasteiger partial charge in [0.25, 0.3) is 11.8 Å². The molecule has 28 heavy (non-hydrogen) atoms. The van der Waals surface area contributed by atoms with E-state index in [1.807, 2.05) is 31.4 Å². The number of carbonyl (C=O) groups is 3. The summed E-state index contributed by atoms with van der Waals surface area (Å²) in [6.07, 6.45) is 1.93. The molecule has 8 heteroatoms. The summed E-state index contributed by atoms with van der Waals surface area (Å²) in [7, 11) is 0. The standard InChI is InChI=1S/C20H22N2O5S/c1-3-26-17-10-5-4-9-16(17)20(25)21-12-19(24)27-13-18(23)22-14-7-6-8-15(11-14)28-2/h4-11H,3,12-13H2,1-2H3,(H,21,25)(H,22,23). The average molecular weight is 402 g/mol. The molecule has 0 spiro atoms. The van der Waals surface area contributed by atoms with Gasteiger partial charge in [-0.15, -0.1) is 11.8 Å².